The van der Waals surface area contributed by atoms with Crippen LogP contribution >= 0.6 is 0 Å². The molecule has 0 amide bonds. The number of ketones is 1. The summed E-state index contributed by atoms with van der Waals surface area (Å²) in [6.45, 7) is 1.88. The minimum Gasteiger partial charge on any atom is -0.345 e. The van der Waals surface area contributed by atoms with E-state index in [1.165, 1.54) is 30.3 Å². The third-order valence-corrected chi connectivity index (χ3v) is 3.41. The molecule has 6 heteroatoms. The number of nitro benzene ring substituents is 1. The number of aldehydes is 1. The lowest BCUT2D eigenvalue weighted by Gasteiger charge is -2.05. The first-order chi connectivity index (χ1) is 9.99. The highest BCUT2D eigenvalue weighted by Gasteiger charge is 2.20. The molecule has 2 aromatic rings. The first-order valence-electron chi connectivity index (χ1n) is 6.42. The van der Waals surface area contributed by atoms with E-state index < -0.39 is 4.92 Å². The van der Waals surface area contributed by atoms with Crippen LogP contribution in [0.25, 0.3) is 0 Å². The summed E-state index contributed by atoms with van der Waals surface area (Å²) in [4.78, 5) is 33.8. The van der Waals surface area contributed by atoms with E-state index in [1.54, 1.807) is 11.6 Å². The van der Waals surface area contributed by atoms with Gasteiger partial charge in [-0.3, -0.25) is 19.7 Å². The summed E-state index contributed by atoms with van der Waals surface area (Å²) in [6, 6.07) is 7.10. The molecule has 0 N–H and O–H groups in total. The molecule has 6 nitrogen and oxygen atoms in total. The zero-order chi connectivity index (χ0) is 15.6. The summed E-state index contributed by atoms with van der Waals surface area (Å²) in [6.07, 6.45) is 1.27. The average molecular weight is 286 g/mol. The Hall–Kier alpha value is -2.76. The SMILES string of the molecule is CCc1c(C(=O)c2cccc([N+](=O)[O-])c2)cc(C=O)n1C. The smallest absolute Gasteiger partial charge is 0.270 e. The number of carbonyl (C=O) groups excluding carboxylic acids is 2. The maximum atomic E-state index is 12.5. The number of hydrogen-bond acceptors (Lipinski definition) is 4. The lowest BCUT2D eigenvalue weighted by Crippen LogP contribution is -2.06. The Kier molecular flexibility index (Phi) is 3.98. The minimum absolute atomic E-state index is 0.134. The molecule has 21 heavy (non-hydrogen) atoms. The van der Waals surface area contributed by atoms with Crippen molar-refractivity contribution in [3.8, 4) is 0 Å². The Morgan fingerprint density at radius 3 is 2.67 bits per heavy atom. The van der Waals surface area contributed by atoms with Gasteiger partial charge in [0.05, 0.1) is 10.6 Å². The highest BCUT2D eigenvalue weighted by Crippen LogP contribution is 2.21. The monoisotopic (exact) mass is 286 g/mol. The van der Waals surface area contributed by atoms with Crippen LogP contribution in [0, 0.1) is 10.1 Å². The summed E-state index contributed by atoms with van der Waals surface area (Å²) in [7, 11) is 1.72. The molecule has 1 aromatic carbocycles. The molecule has 0 radical (unpaired) electrons. The Labute approximate surface area is 121 Å². The van der Waals surface area contributed by atoms with Gasteiger partial charge < -0.3 is 4.57 Å². The molecule has 0 aliphatic heterocycles. The van der Waals surface area contributed by atoms with Crippen molar-refractivity contribution in [3.63, 3.8) is 0 Å². The third-order valence-electron chi connectivity index (χ3n) is 3.41. The first-order valence-corrected chi connectivity index (χ1v) is 6.42. The number of nitro groups is 1. The van der Waals surface area contributed by atoms with E-state index in [9.17, 15) is 19.7 Å². The number of benzene rings is 1. The van der Waals surface area contributed by atoms with Crippen LogP contribution in [0.2, 0.25) is 0 Å². The molecule has 1 heterocycles. The third kappa shape index (κ3) is 2.60. The number of rotatable bonds is 5. The molecule has 0 aliphatic rings. The van der Waals surface area contributed by atoms with E-state index >= 15 is 0 Å². The molecular weight excluding hydrogens is 272 g/mol. The van der Waals surface area contributed by atoms with Crippen molar-refractivity contribution < 1.29 is 14.5 Å². The van der Waals surface area contributed by atoms with Gasteiger partial charge in [-0.15, -0.1) is 0 Å². The van der Waals surface area contributed by atoms with Crippen LogP contribution in [0.15, 0.2) is 30.3 Å². The number of aromatic nitrogens is 1. The van der Waals surface area contributed by atoms with Crippen molar-refractivity contribution in [2.24, 2.45) is 7.05 Å². The second-order valence-electron chi connectivity index (χ2n) is 4.60. The Morgan fingerprint density at radius 1 is 1.38 bits per heavy atom. The highest BCUT2D eigenvalue weighted by atomic mass is 16.6. The largest absolute Gasteiger partial charge is 0.345 e. The molecule has 0 fully saturated rings. The van der Waals surface area contributed by atoms with Gasteiger partial charge in [-0.2, -0.15) is 0 Å². The van der Waals surface area contributed by atoms with E-state index in [0.29, 0.717) is 24.0 Å². The molecule has 0 spiro atoms. The van der Waals surface area contributed by atoms with Gasteiger partial charge in [0, 0.05) is 36.0 Å². The van der Waals surface area contributed by atoms with Crippen LogP contribution in [-0.4, -0.2) is 21.6 Å². The number of hydrogen-bond donors (Lipinski definition) is 0. The maximum Gasteiger partial charge on any atom is 0.270 e. The molecule has 2 rings (SSSR count). The second kappa shape index (κ2) is 5.70. The van der Waals surface area contributed by atoms with E-state index in [-0.39, 0.29) is 17.0 Å². The van der Waals surface area contributed by atoms with E-state index in [1.807, 2.05) is 6.92 Å². The molecule has 0 bridgehead atoms. The van der Waals surface area contributed by atoms with Crippen LogP contribution < -0.4 is 0 Å². The molecule has 0 saturated carbocycles. The van der Waals surface area contributed by atoms with Crippen LogP contribution in [0.4, 0.5) is 5.69 Å². The van der Waals surface area contributed by atoms with Crippen molar-refractivity contribution in [2.45, 2.75) is 13.3 Å². The lowest BCUT2D eigenvalue weighted by molar-refractivity contribution is -0.384. The summed E-state index contributed by atoms with van der Waals surface area (Å²) >= 11 is 0. The van der Waals surface area contributed by atoms with Crippen molar-refractivity contribution in [1.29, 1.82) is 0 Å². The first kappa shape index (κ1) is 14.6. The Balaban J connectivity index is 2.52. The fourth-order valence-corrected chi connectivity index (χ4v) is 2.32. The van der Waals surface area contributed by atoms with Gasteiger partial charge in [-0.05, 0) is 12.5 Å². The number of carbonyl (C=O) groups is 2. The van der Waals surface area contributed by atoms with E-state index in [4.69, 9.17) is 0 Å². The fourth-order valence-electron chi connectivity index (χ4n) is 2.32. The van der Waals surface area contributed by atoms with Gasteiger partial charge in [0.1, 0.15) is 0 Å². The molecule has 0 aliphatic carbocycles. The fraction of sp³-hybridized carbons (Fsp3) is 0.200. The molecule has 0 atom stereocenters. The summed E-state index contributed by atoms with van der Waals surface area (Å²) in [5.41, 5.74) is 1.64. The van der Waals surface area contributed by atoms with Crippen molar-refractivity contribution in [1.82, 2.24) is 4.57 Å². The molecule has 108 valence electrons. The predicted octanol–water partition coefficient (Wildman–Crippen LogP) is 2.54. The molecule has 1 aromatic heterocycles. The Bertz CT molecular complexity index is 731. The maximum absolute atomic E-state index is 12.5. The number of nitrogens with zero attached hydrogens (tertiary/aromatic N) is 2. The van der Waals surface area contributed by atoms with Gasteiger partial charge in [0.2, 0.25) is 0 Å². The zero-order valence-electron chi connectivity index (χ0n) is 11.7. The van der Waals surface area contributed by atoms with Crippen LogP contribution in [-0.2, 0) is 13.5 Å². The van der Waals surface area contributed by atoms with Gasteiger partial charge in [0.25, 0.3) is 5.69 Å². The molecular formula is C15H14N2O4. The molecule has 0 unspecified atom stereocenters. The summed E-state index contributed by atoms with van der Waals surface area (Å²) in [5, 5.41) is 10.8. The van der Waals surface area contributed by atoms with Crippen molar-refractivity contribution in [3.05, 3.63) is 63.0 Å². The van der Waals surface area contributed by atoms with Gasteiger partial charge in [0.15, 0.2) is 12.1 Å². The van der Waals surface area contributed by atoms with E-state index in [2.05, 4.69) is 0 Å². The summed E-state index contributed by atoms with van der Waals surface area (Å²) < 4.78 is 1.66. The highest BCUT2D eigenvalue weighted by molar-refractivity contribution is 6.10. The average Bonchev–Trinajstić information content (AvgIpc) is 2.82. The topological polar surface area (TPSA) is 82.2 Å². The predicted molar refractivity (Wildman–Crippen MR) is 76.7 cm³/mol. The van der Waals surface area contributed by atoms with Crippen LogP contribution in [0.1, 0.15) is 39.0 Å². The van der Waals surface area contributed by atoms with Crippen molar-refractivity contribution in [2.75, 3.05) is 0 Å². The van der Waals surface area contributed by atoms with Gasteiger partial charge in [-0.25, -0.2) is 0 Å². The van der Waals surface area contributed by atoms with E-state index in [0.717, 1.165) is 5.69 Å². The van der Waals surface area contributed by atoms with Crippen molar-refractivity contribution >= 4 is 17.8 Å². The van der Waals surface area contributed by atoms with Gasteiger partial charge in [-0.1, -0.05) is 19.1 Å². The standard InChI is InChI=1S/C15H14N2O4/c1-3-14-13(8-12(9-18)16(14)2)15(19)10-5-4-6-11(7-10)17(20)21/h4-9H,3H2,1-2H3. The normalized spacial score (nSPS) is 10.4. The summed E-state index contributed by atoms with van der Waals surface area (Å²) in [5.74, 6) is -0.320. The quantitative estimate of drug-likeness (QED) is 0.366. The Morgan fingerprint density at radius 2 is 2.10 bits per heavy atom. The minimum atomic E-state index is -0.542. The zero-order valence-corrected chi connectivity index (χ0v) is 11.7. The molecule has 0 saturated heterocycles. The van der Waals surface area contributed by atoms with Crippen LogP contribution in [0.3, 0.4) is 0 Å². The second-order valence-corrected chi connectivity index (χ2v) is 4.60. The lowest BCUT2D eigenvalue weighted by atomic mass is 10.0. The van der Waals surface area contributed by atoms with Gasteiger partial charge >= 0.3 is 0 Å². The number of non-ortho nitro benzene ring substituents is 1. The van der Waals surface area contributed by atoms with Crippen LogP contribution in [0.5, 0.6) is 0 Å².